The van der Waals surface area contributed by atoms with E-state index in [-0.39, 0.29) is 0 Å². The lowest BCUT2D eigenvalue weighted by molar-refractivity contribution is -0.144. The third-order valence-electron chi connectivity index (χ3n) is 4.26. The van der Waals surface area contributed by atoms with Crippen molar-refractivity contribution in [1.29, 1.82) is 0 Å². The second-order valence-electron chi connectivity index (χ2n) is 5.47. The van der Waals surface area contributed by atoms with E-state index >= 15 is 0 Å². The van der Waals surface area contributed by atoms with Gasteiger partial charge in [-0.1, -0.05) is 12.8 Å². The summed E-state index contributed by atoms with van der Waals surface area (Å²) < 4.78 is 0. The fourth-order valence-electron chi connectivity index (χ4n) is 2.88. The van der Waals surface area contributed by atoms with Crippen molar-refractivity contribution < 1.29 is 9.90 Å². The number of aliphatic carboxylic acids is 1. The Morgan fingerprint density at radius 2 is 2.00 bits per heavy atom. The fourth-order valence-corrected chi connectivity index (χ4v) is 4.49. The average molecular weight is 257 g/mol. The van der Waals surface area contributed by atoms with E-state index in [9.17, 15) is 9.90 Å². The van der Waals surface area contributed by atoms with Gasteiger partial charge in [0.2, 0.25) is 0 Å². The molecule has 2 rings (SSSR count). The molecule has 1 atom stereocenters. The third kappa shape index (κ3) is 2.97. The number of hydrogen-bond acceptors (Lipinski definition) is 3. The number of carboxylic acids is 1. The Bertz CT molecular complexity index is 275. The number of rotatable bonds is 7. The van der Waals surface area contributed by atoms with Crippen LogP contribution in [0.2, 0.25) is 0 Å². The van der Waals surface area contributed by atoms with Gasteiger partial charge < -0.3 is 10.4 Å². The van der Waals surface area contributed by atoms with Gasteiger partial charge in [-0.25, -0.2) is 0 Å². The molecule has 2 saturated carbocycles. The molecule has 0 aliphatic heterocycles. The molecule has 4 heteroatoms. The van der Waals surface area contributed by atoms with Crippen LogP contribution < -0.4 is 5.32 Å². The van der Waals surface area contributed by atoms with Crippen molar-refractivity contribution >= 4 is 17.7 Å². The van der Waals surface area contributed by atoms with Crippen LogP contribution in [0.15, 0.2) is 0 Å². The summed E-state index contributed by atoms with van der Waals surface area (Å²) in [7, 11) is 1.79. The Labute approximate surface area is 108 Å². The maximum absolute atomic E-state index is 11.5. The van der Waals surface area contributed by atoms with Gasteiger partial charge in [0.25, 0.3) is 0 Å². The molecule has 3 nitrogen and oxygen atoms in total. The second-order valence-corrected chi connectivity index (χ2v) is 6.50. The van der Waals surface area contributed by atoms with Gasteiger partial charge in [-0.2, -0.15) is 11.8 Å². The van der Waals surface area contributed by atoms with Crippen molar-refractivity contribution in [3.8, 4) is 0 Å². The molecule has 98 valence electrons. The van der Waals surface area contributed by atoms with E-state index in [0.29, 0.717) is 5.92 Å². The first-order chi connectivity index (χ1) is 8.19. The van der Waals surface area contributed by atoms with Gasteiger partial charge in [-0.15, -0.1) is 0 Å². The zero-order chi connectivity index (χ0) is 12.3. The van der Waals surface area contributed by atoms with E-state index in [1.807, 2.05) is 11.8 Å². The van der Waals surface area contributed by atoms with Crippen LogP contribution in [0.1, 0.15) is 38.5 Å². The highest BCUT2D eigenvalue weighted by Gasteiger charge is 2.50. The lowest BCUT2D eigenvalue weighted by atomic mass is 9.96. The number of carbonyl (C=O) groups is 1. The molecule has 0 aromatic heterocycles. The Kier molecular flexibility index (Phi) is 4.36. The SMILES string of the molecule is CNC(CSCC1CCCC1)(C(=O)O)C1CC1. The van der Waals surface area contributed by atoms with Crippen molar-refractivity contribution in [1.82, 2.24) is 5.32 Å². The number of nitrogens with one attached hydrogen (secondary N) is 1. The minimum absolute atomic E-state index is 0.348. The molecule has 0 amide bonds. The van der Waals surface area contributed by atoms with Gasteiger partial charge in [0.05, 0.1) is 0 Å². The molecule has 1 unspecified atom stereocenters. The summed E-state index contributed by atoms with van der Waals surface area (Å²) in [5, 5.41) is 12.5. The lowest BCUT2D eigenvalue weighted by Gasteiger charge is -2.29. The summed E-state index contributed by atoms with van der Waals surface area (Å²) in [6.07, 6.45) is 7.55. The first-order valence-electron chi connectivity index (χ1n) is 6.69. The Morgan fingerprint density at radius 1 is 1.35 bits per heavy atom. The normalized spacial score (nSPS) is 24.8. The third-order valence-corrected chi connectivity index (χ3v) is 5.63. The molecule has 0 aromatic carbocycles. The van der Waals surface area contributed by atoms with Gasteiger partial charge in [0.15, 0.2) is 0 Å². The predicted molar refractivity (Wildman–Crippen MR) is 71.4 cm³/mol. The van der Waals surface area contributed by atoms with Crippen LogP contribution in [0.3, 0.4) is 0 Å². The summed E-state index contributed by atoms with van der Waals surface area (Å²) in [6, 6.07) is 0. The highest BCUT2D eigenvalue weighted by molar-refractivity contribution is 7.99. The molecule has 0 radical (unpaired) electrons. The van der Waals surface area contributed by atoms with Crippen LogP contribution in [-0.4, -0.2) is 35.2 Å². The molecule has 2 fully saturated rings. The number of thioether (sulfide) groups is 1. The molecular weight excluding hydrogens is 234 g/mol. The van der Waals surface area contributed by atoms with Crippen molar-refractivity contribution in [2.75, 3.05) is 18.6 Å². The van der Waals surface area contributed by atoms with E-state index in [0.717, 1.165) is 30.3 Å². The molecule has 2 aliphatic carbocycles. The maximum Gasteiger partial charge on any atom is 0.325 e. The van der Waals surface area contributed by atoms with E-state index < -0.39 is 11.5 Å². The van der Waals surface area contributed by atoms with Gasteiger partial charge >= 0.3 is 5.97 Å². The van der Waals surface area contributed by atoms with Crippen LogP contribution in [0.5, 0.6) is 0 Å². The van der Waals surface area contributed by atoms with Crippen LogP contribution in [0, 0.1) is 11.8 Å². The van der Waals surface area contributed by atoms with E-state index in [4.69, 9.17) is 0 Å². The molecule has 2 aliphatic rings. The molecule has 0 bridgehead atoms. The quantitative estimate of drug-likeness (QED) is 0.735. The average Bonchev–Trinajstić information content (AvgIpc) is 3.03. The summed E-state index contributed by atoms with van der Waals surface area (Å²) in [4.78, 5) is 11.5. The zero-order valence-corrected chi connectivity index (χ0v) is 11.4. The Morgan fingerprint density at radius 3 is 2.47 bits per heavy atom. The standard InChI is InChI=1S/C13H23NO2S/c1-14-13(12(15)16,11-6-7-11)9-17-8-10-4-2-3-5-10/h10-11,14H,2-9H2,1H3,(H,15,16). The lowest BCUT2D eigenvalue weighted by Crippen LogP contribution is -2.54. The number of carboxylic acid groups (broad SMARTS) is 1. The number of hydrogen-bond donors (Lipinski definition) is 2. The van der Waals surface area contributed by atoms with Crippen LogP contribution in [-0.2, 0) is 4.79 Å². The minimum atomic E-state index is -0.665. The highest BCUT2D eigenvalue weighted by atomic mass is 32.2. The maximum atomic E-state index is 11.5. The molecule has 17 heavy (non-hydrogen) atoms. The summed E-state index contributed by atoms with van der Waals surface area (Å²) in [6.45, 7) is 0. The minimum Gasteiger partial charge on any atom is -0.480 e. The summed E-state index contributed by atoms with van der Waals surface area (Å²) >= 11 is 1.84. The summed E-state index contributed by atoms with van der Waals surface area (Å²) in [5.74, 6) is 2.38. The van der Waals surface area contributed by atoms with Gasteiger partial charge in [-0.3, -0.25) is 4.79 Å². The molecule has 0 heterocycles. The van der Waals surface area contributed by atoms with E-state index in [2.05, 4.69) is 5.32 Å². The Balaban J connectivity index is 1.82. The second kappa shape index (κ2) is 5.61. The van der Waals surface area contributed by atoms with Gasteiger partial charge in [-0.05, 0) is 50.3 Å². The van der Waals surface area contributed by atoms with Crippen molar-refractivity contribution in [2.45, 2.75) is 44.1 Å². The predicted octanol–water partition coefficient (Wildman–Crippen LogP) is 2.36. The van der Waals surface area contributed by atoms with Gasteiger partial charge in [0.1, 0.15) is 5.54 Å². The first kappa shape index (κ1) is 13.2. The van der Waals surface area contributed by atoms with Crippen LogP contribution >= 0.6 is 11.8 Å². The molecule has 0 saturated heterocycles. The summed E-state index contributed by atoms with van der Waals surface area (Å²) in [5.41, 5.74) is -0.663. The smallest absolute Gasteiger partial charge is 0.325 e. The van der Waals surface area contributed by atoms with E-state index in [1.165, 1.54) is 25.7 Å². The monoisotopic (exact) mass is 257 g/mol. The van der Waals surface area contributed by atoms with Crippen LogP contribution in [0.25, 0.3) is 0 Å². The molecule has 0 spiro atoms. The van der Waals surface area contributed by atoms with Crippen molar-refractivity contribution in [3.63, 3.8) is 0 Å². The Hall–Kier alpha value is -0.220. The fraction of sp³-hybridized carbons (Fsp3) is 0.923. The highest BCUT2D eigenvalue weighted by Crippen LogP contribution is 2.42. The van der Waals surface area contributed by atoms with E-state index in [1.54, 1.807) is 7.05 Å². The van der Waals surface area contributed by atoms with Gasteiger partial charge in [0, 0.05) is 5.75 Å². The first-order valence-corrected chi connectivity index (χ1v) is 7.84. The molecular formula is C13H23NO2S. The molecule has 2 N–H and O–H groups in total. The van der Waals surface area contributed by atoms with Crippen molar-refractivity contribution in [2.24, 2.45) is 11.8 Å². The topological polar surface area (TPSA) is 49.3 Å². The molecule has 0 aromatic rings. The van der Waals surface area contributed by atoms with Crippen LogP contribution in [0.4, 0.5) is 0 Å². The number of likely N-dealkylation sites (N-methyl/N-ethyl adjacent to an activating group) is 1. The largest absolute Gasteiger partial charge is 0.480 e. The van der Waals surface area contributed by atoms with Crippen molar-refractivity contribution in [3.05, 3.63) is 0 Å². The zero-order valence-electron chi connectivity index (χ0n) is 10.6.